The molecular formula is C6H12O3Pb. The van der Waals surface area contributed by atoms with Crippen molar-refractivity contribution >= 4 is 33.3 Å². The van der Waals surface area contributed by atoms with Crippen molar-refractivity contribution in [3.05, 3.63) is 12.2 Å². The molecule has 0 spiro atoms. The Kier molecular flexibility index (Phi) is 9.18. The zero-order valence-electron chi connectivity index (χ0n) is 6.09. The molecule has 0 aromatic heterocycles. The van der Waals surface area contributed by atoms with Crippen molar-refractivity contribution in [2.45, 2.75) is 6.92 Å². The van der Waals surface area contributed by atoms with E-state index >= 15 is 0 Å². The molecular weight excluding hydrogens is 327 g/mol. The molecule has 0 aliphatic carbocycles. The SMILES string of the molecule is C=C(C)C(=O)OCCO.[PbH2]. The van der Waals surface area contributed by atoms with Crippen molar-refractivity contribution in [1.29, 1.82) is 0 Å². The van der Waals surface area contributed by atoms with Crippen LogP contribution in [-0.2, 0) is 9.53 Å². The van der Waals surface area contributed by atoms with Gasteiger partial charge in [0.2, 0.25) is 0 Å². The molecule has 3 nitrogen and oxygen atoms in total. The van der Waals surface area contributed by atoms with Gasteiger partial charge in [-0.15, -0.1) is 0 Å². The normalized spacial score (nSPS) is 7.80. The van der Waals surface area contributed by atoms with Crippen molar-refractivity contribution in [2.75, 3.05) is 13.2 Å². The molecule has 0 unspecified atom stereocenters. The van der Waals surface area contributed by atoms with E-state index in [1.807, 2.05) is 0 Å². The maximum absolute atomic E-state index is 10.5. The standard InChI is InChI=1S/C6H10O3.Pb.2H/c1-5(2)6(8)9-4-3-7;;;/h7H,1,3-4H2,2H3;;;. The molecule has 0 saturated carbocycles. The van der Waals surface area contributed by atoms with E-state index in [0.717, 1.165) is 0 Å². The average Bonchev–Trinajstić information content (AvgIpc) is 1.82. The van der Waals surface area contributed by atoms with Gasteiger partial charge in [-0.3, -0.25) is 0 Å². The van der Waals surface area contributed by atoms with Gasteiger partial charge in [0.25, 0.3) is 0 Å². The third-order valence-electron chi connectivity index (χ3n) is 0.673. The number of carbonyl (C=O) groups is 1. The molecule has 0 aromatic rings. The molecule has 0 atom stereocenters. The first kappa shape index (κ1) is 12.7. The summed E-state index contributed by atoms with van der Waals surface area (Å²) in [7, 11) is 0. The van der Waals surface area contributed by atoms with Gasteiger partial charge in [0, 0.05) is 5.57 Å². The van der Waals surface area contributed by atoms with Crippen molar-refractivity contribution < 1.29 is 14.6 Å². The number of aliphatic hydroxyl groups excluding tert-OH is 1. The first-order valence-electron chi connectivity index (χ1n) is 2.62. The van der Waals surface area contributed by atoms with Crippen LogP contribution in [0.25, 0.3) is 0 Å². The Hall–Kier alpha value is 0.0921. The minimum atomic E-state index is -0.455. The Balaban J connectivity index is 0. The molecule has 0 fully saturated rings. The van der Waals surface area contributed by atoms with E-state index in [1.54, 1.807) is 6.92 Å². The molecule has 2 radical (unpaired) electrons. The topological polar surface area (TPSA) is 46.5 Å². The van der Waals surface area contributed by atoms with Gasteiger partial charge in [-0.1, -0.05) is 6.58 Å². The fourth-order valence-electron chi connectivity index (χ4n) is 0.262. The van der Waals surface area contributed by atoms with Crippen molar-refractivity contribution in [1.82, 2.24) is 0 Å². The van der Waals surface area contributed by atoms with Crippen LogP contribution in [0.15, 0.2) is 12.2 Å². The number of hydrogen-bond acceptors (Lipinski definition) is 3. The summed E-state index contributed by atoms with van der Waals surface area (Å²) in [6, 6.07) is 0. The van der Waals surface area contributed by atoms with Crippen molar-refractivity contribution in [3.63, 3.8) is 0 Å². The van der Waals surface area contributed by atoms with Gasteiger partial charge in [0.15, 0.2) is 0 Å². The van der Waals surface area contributed by atoms with E-state index in [9.17, 15) is 4.79 Å². The molecule has 0 amide bonds. The molecule has 0 saturated heterocycles. The fourth-order valence-corrected chi connectivity index (χ4v) is 0.262. The monoisotopic (exact) mass is 340 g/mol. The molecule has 0 bridgehead atoms. The van der Waals surface area contributed by atoms with Gasteiger partial charge >= 0.3 is 33.3 Å². The van der Waals surface area contributed by atoms with Crippen LogP contribution in [0.1, 0.15) is 6.92 Å². The van der Waals surface area contributed by atoms with Crippen LogP contribution in [0.5, 0.6) is 0 Å². The van der Waals surface area contributed by atoms with E-state index < -0.39 is 5.97 Å². The summed E-state index contributed by atoms with van der Waals surface area (Å²) >= 11 is 0. The van der Waals surface area contributed by atoms with Gasteiger partial charge in [-0.05, 0) is 6.92 Å². The Bertz CT molecular complexity index is 122. The second kappa shape index (κ2) is 7.20. The van der Waals surface area contributed by atoms with Crippen molar-refractivity contribution in [3.8, 4) is 0 Å². The maximum atomic E-state index is 10.5. The molecule has 0 aromatic carbocycles. The van der Waals surface area contributed by atoms with Crippen LogP contribution >= 0.6 is 0 Å². The molecule has 0 rings (SSSR count). The second-order valence-electron chi connectivity index (χ2n) is 1.64. The van der Waals surface area contributed by atoms with Gasteiger partial charge in [-0.25, -0.2) is 4.79 Å². The van der Waals surface area contributed by atoms with Crippen LogP contribution in [-0.4, -0.2) is 51.6 Å². The van der Waals surface area contributed by atoms with Gasteiger partial charge in [0.1, 0.15) is 6.61 Å². The Morgan fingerprint density at radius 2 is 2.20 bits per heavy atom. The zero-order valence-corrected chi connectivity index (χ0v) is 11.6. The number of hydrogen-bond donors (Lipinski definition) is 1. The van der Waals surface area contributed by atoms with Gasteiger partial charge in [-0.2, -0.15) is 0 Å². The minimum absolute atomic E-state index is 0. The van der Waals surface area contributed by atoms with Gasteiger partial charge in [0.05, 0.1) is 6.61 Å². The summed E-state index contributed by atoms with van der Waals surface area (Å²) < 4.78 is 4.46. The first-order chi connectivity index (χ1) is 4.18. The zero-order chi connectivity index (χ0) is 7.28. The average molecular weight is 339 g/mol. The Morgan fingerprint density at radius 3 is 2.50 bits per heavy atom. The van der Waals surface area contributed by atoms with Crippen molar-refractivity contribution in [2.24, 2.45) is 0 Å². The third kappa shape index (κ3) is 6.22. The molecule has 4 heteroatoms. The second-order valence-corrected chi connectivity index (χ2v) is 1.64. The van der Waals surface area contributed by atoms with Crippen LogP contribution in [0.3, 0.4) is 0 Å². The number of carbonyl (C=O) groups excluding carboxylic acids is 1. The van der Waals surface area contributed by atoms with Gasteiger partial charge < -0.3 is 9.84 Å². The summed E-state index contributed by atoms with van der Waals surface area (Å²) in [5.74, 6) is -0.455. The molecule has 10 heavy (non-hydrogen) atoms. The summed E-state index contributed by atoms with van der Waals surface area (Å²) in [5.41, 5.74) is 0.350. The summed E-state index contributed by atoms with van der Waals surface area (Å²) in [6.07, 6.45) is 0. The summed E-state index contributed by atoms with van der Waals surface area (Å²) in [5, 5.41) is 8.19. The third-order valence-corrected chi connectivity index (χ3v) is 0.673. The van der Waals surface area contributed by atoms with E-state index in [-0.39, 0.29) is 40.5 Å². The van der Waals surface area contributed by atoms with E-state index in [2.05, 4.69) is 11.3 Å². The fraction of sp³-hybridized carbons (Fsp3) is 0.500. The number of rotatable bonds is 3. The predicted octanol–water partition coefficient (Wildman–Crippen LogP) is -0.818. The molecule has 1 N–H and O–H groups in total. The quantitative estimate of drug-likeness (QED) is 0.415. The Morgan fingerprint density at radius 1 is 1.70 bits per heavy atom. The Labute approximate surface area is 80.2 Å². The molecule has 0 heterocycles. The predicted molar refractivity (Wildman–Crippen MR) is 41.4 cm³/mol. The number of esters is 1. The van der Waals surface area contributed by atoms with Crippen LogP contribution < -0.4 is 0 Å². The van der Waals surface area contributed by atoms with E-state index in [1.165, 1.54) is 0 Å². The van der Waals surface area contributed by atoms with Crippen LogP contribution in [0, 0.1) is 0 Å². The van der Waals surface area contributed by atoms with E-state index in [0.29, 0.717) is 5.57 Å². The summed E-state index contributed by atoms with van der Waals surface area (Å²) in [6.45, 7) is 4.81. The molecule has 0 aliphatic heterocycles. The van der Waals surface area contributed by atoms with Crippen LogP contribution in [0.4, 0.5) is 0 Å². The number of aliphatic hydroxyl groups is 1. The molecule has 0 aliphatic rings. The summed E-state index contributed by atoms with van der Waals surface area (Å²) in [4.78, 5) is 10.5. The van der Waals surface area contributed by atoms with E-state index in [4.69, 9.17) is 5.11 Å². The first-order valence-corrected chi connectivity index (χ1v) is 2.62. The number of ether oxygens (including phenoxy) is 1. The molecule has 58 valence electrons. The van der Waals surface area contributed by atoms with Crippen LogP contribution in [0.2, 0.25) is 0 Å².